The Hall–Kier alpha value is -2.88. The van der Waals surface area contributed by atoms with Gasteiger partial charge in [0.05, 0.1) is 30.3 Å². The summed E-state index contributed by atoms with van der Waals surface area (Å²) in [7, 11) is 0. The number of aryl methyl sites for hydroxylation is 1. The van der Waals surface area contributed by atoms with Crippen LogP contribution in [0.15, 0.2) is 24.8 Å². The molecule has 3 aromatic heterocycles. The number of nitrogen functional groups attached to an aromatic ring is 1. The number of rotatable bonds is 3. The van der Waals surface area contributed by atoms with Gasteiger partial charge in [-0.2, -0.15) is 10.4 Å². The van der Waals surface area contributed by atoms with E-state index >= 15 is 0 Å². The summed E-state index contributed by atoms with van der Waals surface area (Å²) >= 11 is 0. The molecule has 152 valence electrons. The van der Waals surface area contributed by atoms with Crippen LogP contribution in [0.4, 0.5) is 5.82 Å². The zero-order valence-corrected chi connectivity index (χ0v) is 17.6. The number of nitrogens with zero attached hydrogens (tertiary/aromatic N) is 5. The molecule has 1 fully saturated rings. The maximum Gasteiger partial charge on any atom is 0.154 e. The van der Waals surface area contributed by atoms with E-state index in [4.69, 9.17) is 11.0 Å². The van der Waals surface area contributed by atoms with Gasteiger partial charge in [0.2, 0.25) is 0 Å². The number of anilines is 1. The third-order valence-electron chi connectivity index (χ3n) is 4.10. The Labute approximate surface area is 168 Å². The summed E-state index contributed by atoms with van der Waals surface area (Å²) in [6.45, 7) is 8.52. The molecule has 0 aliphatic heterocycles. The van der Waals surface area contributed by atoms with E-state index in [1.54, 1.807) is 17.1 Å². The van der Waals surface area contributed by atoms with E-state index in [0.29, 0.717) is 18.8 Å². The highest BCUT2D eigenvalue weighted by molar-refractivity contribution is 5.92. The molecule has 0 amide bonds. The van der Waals surface area contributed by atoms with E-state index in [2.05, 4.69) is 26.1 Å². The Bertz CT molecular complexity index is 830. The fourth-order valence-electron chi connectivity index (χ4n) is 2.87. The Balaban J connectivity index is 0.000000368. The molecule has 0 atom stereocenters. The van der Waals surface area contributed by atoms with E-state index in [0.717, 1.165) is 22.3 Å². The summed E-state index contributed by atoms with van der Waals surface area (Å²) in [4.78, 5) is 11.4. The molecule has 0 radical (unpaired) electrons. The fourth-order valence-corrected chi connectivity index (χ4v) is 2.87. The molecule has 0 aromatic carbocycles. The number of fused-ring (bicyclic) bond motifs is 1. The van der Waals surface area contributed by atoms with Crippen molar-refractivity contribution >= 4 is 16.9 Å². The van der Waals surface area contributed by atoms with Gasteiger partial charge in [-0.25, -0.2) is 9.97 Å². The lowest BCUT2D eigenvalue weighted by atomic mass is 10.1. The van der Waals surface area contributed by atoms with Crippen molar-refractivity contribution < 1.29 is 0 Å². The summed E-state index contributed by atoms with van der Waals surface area (Å²) in [6.07, 6.45) is 13.0. The van der Waals surface area contributed by atoms with Crippen LogP contribution in [-0.2, 0) is 6.54 Å². The molecule has 28 heavy (non-hydrogen) atoms. The molecule has 3 aromatic rings. The van der Waals surface area contributed by atoms with Crippen LogP contribution in [0.3, 0.4) is 0 Å². The van der Waals surface area contributed by atoms with Gasteiger partial charge in [0.25, 0.3) is 0 Å². The molecular formula is C21H33N7. The molecule has 1 aliphatic carbocycles. The second-order valence-corrected chi connectivity index (χ2v) is 5.83. The van der Waals surface area contributed by atoms with Crippen molar-refractivity contribution in [3.05, 3.63) is 24.8 Å². The molecule has 4 rings (SSSR count). The van der Waals surface area contributed by atoms with Crippen molar-refractivity contribution in [2.75, 3.05) is 5.73 Å². The first-order chi connectivity index (χ1) is 13.8. The van der Waals surface area contributed by atoms with Crippen LogP contribution < -0.4 is 5.73 Å². The van der Waals surface area contributed by atoms with Crippen LogP contribution >= 0.6 is 0 Å². The largest absolute Gasteiger partial charge is 0.382 e. The first-order valence-corrected chi connectivity index (χ1v) is 10.3. The predicted octanol–water partition coefficient (Wildman–Crippen LogP) is 5.32. The van der Waals surface area contributed by atoms with Gasteiger partial charge in [-0.1, -0.05) is 59.8 Å². The van der Waals surface area contributed by atoms with E-state index in [-0.39, 0.29) is 0 Å². The Morgan fingerprint density at radius 3 is 2.36 bits per heavy atom. The second kappa shape index (κ2) is 13.3. The van der Waals surface area contributed by atoms with Crippen LogP contribution in [-0.4, -0.2) is 24.7 Å². The van der Waals surface area contributed by atoms with Crippen LogP contribution in [0.2, 0.25) is 0 Å². The third kappa shape index (κ3) is 6.38. The van der Waals surface area contributed by atoms with Gasteiger partial charge in [-0.3, -0.25) is 4.68 Å². The smallest absolute Gasteiger partial charge is 0.154 e. The van der Waals surface area contributed by atoms with Crippen molar-refractivity contribution in [1.29, 1.82) is 5.26 Å². The molecular weight excluding hydrogens is 350 g/mol. The zero-order valence-electron chi connectivity index (χ0n) is 17.6. The minimum absolute atomic E-state index is 0.393. The minimum atomic E-state index is 0.393. The number of hydrogen-bond acceptors (Lipinski definition) is 5. The maximum absolute atomic E-state index is 8.59. The lowest BCUT2D eigenvalue weighted by molar-refractivity contribution is 0.630. The van der Waals surface area contributed by atoms with Gasteiger partial charge in [0.1, 0.15) is 12.0 Å². The van der Waals surface area contributed by atoms with Gasteiger partial charge in [0, 0.05) is 17.8 Å². The molecule has 7 nitrogen and oxygen atoms in total. The molecule has 0 bridgehead atoms. The number of H-pyrrole nitrogens is 1. The molecule has 0 unspecified atom stereocenters. The molecule has 7 heteroatoms. The normalized spacial score (nSPS) is 12.0. The summed E-state index contributed by atoms with van der Waals surface area (Å²) in [6, 6.07) is 3.98. The van der Waals surface area contributed by atoms with E-state index in [1.807, 2.05) is 33.8 Å². The van der Waals surface area contributed by atoms with Crippen molar-refractivity contribution in [2.24, 2.45) is 0 Å². The topological polar surface area (TPSA) is 109 Å². The van der Waals surface area contributed by atoms with Crippen LogP contribution in [0.5, 0.6) is 0 Å². The van der Waals surface area contributed by atoms with E-state index in [9.17, 15) is 0 Å². The number of nitriles is 1. The molecule has 0 saturated heterocycles. The van der Waals surface area contributed by atoms with Crippen molar-refractivity contribution in [2.45, 2.75) is 72.8 Å². The van der Waals surface area contributed by atoms with Gasteiger partial charge in [0.15, 0.2) is 5.82 Å². The summed E-state index contributed by atoms with van der Waals surface area (Å²) in [5, 5.41) is 13.7. The standard InChI is InChI=1S/C12H11N7.C5H10.2C2H6/c13-3-1-5-19-6-9(11(14)18-19)10-8-2-4-15-12(8)17-7-16-10;1-2-4-5-3-1;2*1-2/h2,4,6-7H,1,5H2,(H2,14,18)(H,15,16,17);1-5H2;2*1-2H3. The van der Waals surface area contributed by atoms with Crippen molar-refractivity contribution in [1.82, 2.24) is 24.7 Å². The van der Waals surface area contributed by atoms with Crippen molar-refractivity contribution in [3.63, 3.8) is 0 Å². The quantitative estimate of drug-likeness (QED) is 0.636. The maximum atomic E-state index is 8.59. The predicted molar refractivity (Wildman–Crippen MR) is 116 cm³/mol. The highest BCUT2D eigenvalue weighted by Gasteiger charge is 2.13. The molecule has 1 saturated carbocycles. The van der Waals surface area contributed by atoms with Gasteiger partial charge >= 0.3 is 0 Å². The third-order valence-corrected chi connectivity index (χ3v) is 4.10. The fraction of sp³-hybridized carbons (Fsp3) is 0.524. The van der Waals surface area contributed by atoms with Gasteiger partial charge in [-0.15, -0.1) is 0 Å². The second-order valence-electron chi connectivity index (χ2n) is 5.83. The Morgan fingerprint density at radius 2 is 1.75 bits per heavy atom. The number of nitrogens with two attached hydrogens (primary N) is 1. The van der Waals surface area contributed by atoms with Crippen molar-refractivity contribution in [3.8, 4) is 17.3 Å². The number of hydrogen-bond donors (Lipinski definition) is 2. The van der Waals surface area contributed by atoms with Crippen LogP contribution in [0.1, 0.15) is 66.2 Å². The minimum Gasteiger partial charge on any atom is -0.382 e. The van der Waals surface area contributed by atoms with E-state index < -0.39 is 0 Å². The zero-order chi connectivity index (χ0) is 20.8. The van der Waals surface area contributed by atoms with Crippen LogP contribution in [0, 0.1) is 11.3 Å². The number of nitrogens with one attached hydrogen (secondary N) is 1. The molecule has 0 spiro atoms. The average molecular weight is 384 g/mol. The molecule has 3 heterocycles. The first-order valence-electron chi connectivity index (χ1n) is 10.3. The number of aromatic amines is 1. The summed E-state index contributed by atoms with van der Waals surface area (Å²) in [5.74, 6) is 0.402. The highest BCUT2D eigenvalue weighted by atomic mass is 15.3. The van der Waals surface area contributed by atoms with Gasteiger partial charge in [-0.05, 0) is 6.07 Å². The monoisotopic (exact) mass is 383 g/mol. The summed E-state index contributed by atoms with van der Waals surface area (Å²) < 4.78 is 1.66. The molecule has 3 N–H and O–H groups in total. The molecule has 1 aliphatic rings. The van der Waals surface area contributed by atoms with Crippen LogP contribution in [0.25, 0.3) is 22.3 Å². The Kier molecular flexibility index (Phi) is 11.0. The lowest BCUT2D eigenvalue weighted by Gasteiger charge is -1.99. The Morgan fingerprint density at radius 1 is 1.11 bits per heavy atom. The van der Waals surface area contributed by atoms with Gasteiger partial charge < -0.3 is 10.7 Å². The number of aromatic nitrogens is 5. The highest BCUT2D eigenvalue weighted by Crippen LogP contribution is 2.28. The van der Waals surface area contributed by atoms with E-state index in [1.165, 1.54) is 38.4 Å². The first kappa shape index (κ1) is 23.2. The average Bonchev–Trinajstić information content (AvgIpc) is 3.51. The SMILES string of the molecule is C1CCCC1.CC.CC.N#CCCn1cc(-c2ncnc3[nH]ccc23)c(N)n1. The lowest BCUT2D eigenvalue weighted by Crippen LogP contribution is -1.98. The summed E-state index contributed by atoms with van der Waals surface area (Å²) in [5.41, 5.74) is 8.18.